The lowest BCUT2D eigenvalue weighted by atomic mass is 10.0. The van der Waals surface area contributed by atoms with Crippen molar-refractivity contribution in [1.82, 2.24) is 4.90 Å². The highest BCUT2D eigenvalue weighted by atomic mass is 16.5. The van der Waals surface area contributed by atoms with Gasteiger partial charge in [0.05, 0.1) is 0 Å². The molecule has 0 spiro atoms. The topological polar surface area (TPSA) is 12.5 Å². The first-order chi connectivity index (χ1) is 5.34. The zero-order chi connectivity index (χ0) is 8.10. The molecule has 1 heterocycles. The molecule has 0 bridgehead atoms. The van der Waals surface area contributed by atoms with Crippen LogP contribution in [0, 0.1) is 0 Å². The van der Waals surface area contributed by atoms with E-state index in [1.807, 2.05) is 0 Å². The van der Waals surface area contributed by atoms with E-state index in [0.717, 1.165) is 12.6 Å². The van der Waals surface area contributed by atoms with Gasteiger partial charge in [-0.1, -0.05) is 6.42 Å². The number of methoxy groups -OCH3 is 1. The molecule has 0 aliphatic carbocycles. The Morgan fingerprint density at radius 1 is 1.45 bits per heavy atom. The van der Waals surface area contributed by atoms with Gasteiger partial charge < -0.3 is 9.64 Å². The van der Waals surface area contributed by atoms with E-state index in [0.29, 0.717) is 0 Å². The molecule has 0 aromatic rings. The van der Waals surface area contributed by atoms with Gasteiger partial charge in [-0.3, -0.25) is 0 Å². The Morgan fingerprint density at radius 2 is 2.27 bits per heavy atom. The Kier molecular flexibility index (Phi) is 3.87. The number of hydrogen-bond acceptors (Lipinski definition) is 2. The summed E-state index contributed by atoms with van der Waals surface area (Å²) in [6.07, 6.45) is 5.34. The molecule has 1 fully saturated rings. The van der Waals surface area contributed by atoms with E-state index >= 15 is 0 Å². The van der Waals surface area contributed by atoms with Gasteiger partial charge in [-0.25, -0.2) is 0 Å². The van der Waals surface area contributed by atoms with Crippen molar-refractivity contribution in [2.45, 2.75) is 31.7 Å². The van der Waals surface area contributed by atoms with Crippen LogP contribution in [0.4, 0.5) is 0 Å². The summed E-state index contributed by atoms with van der Waals surface area (Å²) in [5, 5.41) is 0. The van der Waals surface area contributed by atoms with Crippen LogP contribution in [0.25, 0.3) is 0 Å². The molecule has 1 aliphatic heterocycles. The van der Waals surface area contributed by atoms with Crippen LogP contribution in [0.2, 0.25) is 0 Å². The summed E-state index contributed by atoms with van der Waals surface area (Å²) < 4.78 is 5.07. The van der Waals surface area contributed by atoms with Crippen molar-refractivity contribution >= 4 is 0 Å². The molecule has 66 valence electrons. The first-order valence-electron chi connectivity index (χ1n) is 4.54. The lowest BCUT2D eigenvalue weighted by Crippen LogP contribution is -2.36. The number of rotatable bonds is 3. The molecular weight excluding hydrogens is 138 g/mol. The summed E-state index contributed by atoms with van der Waals surface area (Å²) in [4.78, 5) is 2.46. The number of nitrogens with zero attached hydrogens (tertiary/aromatic N) is 1. The quantitative estimate of drug-likeness (QED) is 0.615. The Hall–Kier alpha value is -0.0800. The largest absolute Gasteiger partial charge is 0.385 e. The van der Waals surface area contributed by atoms with E-state index in [9.17, 15) is 0 Å². The van der Waals surface area contributed by atoms with Crippen molar-refractivity contribution in [2.24, 2.45) is 0 Å². The van der Waals surface area contributed by atoms with E-state index in [2.05, 4.69) is 11.9 Å². The predicted octanol–water partition coefficient (Wildman–Crippen LogP) is 1.51. The van der Waals surface area contributed by atoms with Crippen molar-refractivity contribution in [3.05, 3.63) is 0 Å². The minimum Gasteiger partial charge on any atom is -0.385 e. The van der Waals surface area contributed by atoms with Crippen LogP contribution in [0.5, 0.6) is 0 Å². The van der Waals surface area contributed by atoms with Gasteiger partial charge in [0.25, 0.3) is 0 Å². The summed E-state index contributed by atoms with van der Waals surface area (Å²) in [5.74, 6) is 0. The molecule has 1 saturated heterocycles. The van der Waals surface area contributed by atoms with Crippen LogP contribution in [0.1, 0.15) is 25.7 Å². The third-order valence-corrected chi connectivity index (χ3v) is 2.58. The first-order valence-corrected chi connectivity index (χ1v) is 4.54. The van der Waals surface area contributed by atoms with E-state index in [-0.39, 0.29) is 0 Å². The molecule has 1 aliphatic rings. The van der Waals surface area contributed by atoms with Crippen molar-refractivity contribution in [1.29, 1.82) is 0 Å². The SMILES string of the molecule is COCC[C@@H]1CCCCN1C. The van der Waals surface area contributed by atoms with Crippen molar-refractivity contribution < 1.29 is 4.74 Å². The second-order valence-corrected chi connectivity index (χ2v) is 3.41. The lowest BCUT2D eigenvalue weighted by molar-refractivity contribution is 0.123. The molecule has 0 N–H and O–H groups in total. The highest BCUT2D eigenvalue weighted by Gasteiger charge is 2.17. The van der Waals surface area contributed by atoms with E-state index in [1.54, 1.807) is 7.11 Å². The normalized spacial score (nSPS) is 27.3. The summed E-state index contributed by atoms with van der Waals surface area (Å²) >= 11 is 0. The molecule has 0 aromatic heterocycles. The van der Waals surface area contributed by atoms with Crippen LogP contribution in [0.3, 0.4) is 0 Å². The highest BCUT2D eigenvalue weighted by Crippen LogP contribution is 2.17. The smallest absolute Gasteiger partial charge is 0.0477 e. The average molecular weight is 157 g/mol. The molecule has 0 unspecified atom stereocenters. The molecule has 0 amide bonds. The number of hydrogen-bond donors (Lipinski definition) is 0. The highest BCUT2D eigenvalue weighted by molar-refractivity contribution is 4.73. The Labute approximate surface area is 69.5 Å². The number of likely N-dealkylation sites (tertiary alicyclic amines) is 1. The Bertz CT molecular complexity index is 106. The molecule has 1 atom stereocenters. The molecule has 1 rings (SSSR count). The third-order valence-electron chi connectivity index (χ3n) is 2.58. The van der Waals surface area contributed by atoms with Gasteiger partial charge in [0.2, 0.25) is 0 Å². The summed E-state index contributed by atoms with van der Waals surface area (Å²) in [6.45, 7) is 2.18. The summed E-state index contributed by atoms with van der Waals surface area (Å²) in [5.41, 5.74) is 0. The molecule has 2 heteroatoms. The van der Waals surface area contributed by atoms with Gasteiger partial charge in [0, 0.05) is 19.8 Å². The molecule has 11 heavy (non-hydrogen) atoms. The maximum atomic E-state index is 5.07. The number of ether oxygens (including phenoxy) is 1. The van der Waals surface area contributed by atoms with Gasteiger partial charge in [-0.15, -0.1) is 0 Å². The maximum Gasteiger partial charge on any atom is 0.0477 e. The molecule has 2 nitrogen and oxygen atoms in total. The fraction of sp³-hybridized carbons (Fsp3) is 1.00. The van der Waals surface area contributed by atoms with E-state index < -0.39 is 0 Å². The standard InChI is InChI=1S/C9H19NO/c1-10-7-4-3-5-9(10)6-8-11-2/h9H,3-8H2,1-2H3/t9-/m0/s1. The predicted molar refractivity (Wildman–Crippen MR) is 46.8 cm³/mol. The fourth-order valence-electron chi connectivity index (χ4n) is 1.76. The average Bonchev–Trinajstić information content (AvgIpc) is 2.03. The second-order valence-electron chi connectivity index (χ2n) is 3.41. The van der Waals surface area contributed by atoms with Crippen LogP contribution < -0.4 is 0 Å². The van der Waals surface area contributed by atoms with Crippen molar-refractivity contribution in [2.75, 3.05) is 27.3 Å². The van der Waals surface area contributed by atoms with Gasteiger partial charge in [-0.2, -0.15) is 0 Å². The zero-order valence-electron chi connectivity index (χ0n) is 7.68. The maximum absolute atomic E-state index is 5.07. The molecule has 0 aromatic carbocycles. The number of piperidine rings is 1. The van der Waals surface area contributed by atoms with Crippen LogP contribution >= 0.6 is 0 Å². The first kappa shape index (κ1) is 9.01. The Balaban J connectivity index is 2.18. The minimum absolute atomic E-state index is 0.781. The lowest BCUT2D eigenvalue weighted by Gasteiger charge is -2.32. The van der Waals surface area contributed by atoms with Crippen LogP contribution in [-0.4, -0.2) is 38.3 Å². The third kappa shape index (κ3) is 2.80. The van der Waals surface area contributed by atoms with Gasteiger partial charge in [-0.05, 0) is 32.9 Å². The van der Waals surface area contributed by atoms with Crippen molar-refractivity contribution in [3.63, 3.8) is 0 Å². The zero-order valence-corrected chi connectivity index (χ0v) is 7.68. The van der Waals surface area contributed by atoms with Crippen molar-refractivity contribution in [3.8, 4) is 0 Å². The van der Waals surface area contributed by atoms with Gasteiger partial charge >= 0.3 is 0 Å². The Morgan fingerprint density at radius 3 is 2.91 bits per heavy atom. The van der Waals surface area contributed by atoms with Crippen LogP contribution in [0.15, 0.2) is 0 Å². The molecule has 0 radical (unpaired) electrons. The monoisotopic (exact) mass is 157 g/mol. The van der Waals surface area contributed by atoms with Gasteiger partial charge in [0.1, 0.15) is 0 Å². The fourth-order valence-corrected chi connectivity index (χ4v) is 1.76. The van der Waals surface area contributed by atoms with Gasteiger partial charge in [0.15, 0.2) is 0 Å². The minimum atomic E-state index is 0.781. The molecular formula is C9H19NO. The summed E-state index contributed by atoms with van der Waals surface area (Å²) in [6, 6.07) is 0.781. The van der Waals surface area contributed by atoms with E-state index in [1.165, 1.54) is 32.2 Å². The van der Waals surface area contributed by atoms with E-state index in [4.69, 9.17) is 4.74 Å². The molecule has 0 saturated carbocycles. The second kappa shape index (κ2) is 4.73. The summed E-state index contributed by atoms with van der Waals surface area (Å²) in [7, 11) is 4.00. The van der Waals surface area contributed by atoms with Crippen LogP contribution in [-0.2, 0) is 4.74 Å².